The molecule has 2 aliphatic rings. The molecule has 4 nitrogen and oxygen atoms in total. The smallest absolute Gasteiger partial charge is 0.171 e. The zero-order valence-electron chi connectivity index (χ0n) is 13.4. The Balaban J connectivity index is 1.77. The van der Waals surface area contributed by atoms with Gasteiger partial charge in [0.1, 0.15) is 12.0 Å². The average Bonchev–Trinajstić information content (AvgIpc) is 3.04. The van der Waals surface area contributed by atoms with Gasteiger partial charge in [-0.2, -0.15) is 0 Å². The number of hydrogen-bond donors (Lipinski definition) is 0. The van der Waals surface area contributed by atoms with E-state index in [9.17, 15) is 4.79 Å². The summed E-state index contributed by atoms with van der Waals surface area (Å²) in [6, 6.07) is 5.99. The first-order chi connectivity index (χ1) is 11.2. The largest absolute Gasteiger partial charge is 0.497 e. The number of aryl methyl sites for hydroxylation is 1. The second kappa shape index (κ2) is 7.32. The van der Waals surface area contributed by atoms with Crippen molar-refractivity contribution >= 4 is 22.2 Å². The number of ether oxygens (including phenoxy) is 3. The third-order valence-corrected chi connectivity index (χ3v) is 5.85. The van der Waals surface area contributed by atoms with Gasteiger partial charge in [0.15, 0.2) is 5.79 Å². The van der Waals surface area contributed by atoms with Crippen LogP contribution in [0.15, 0.2) is 22.7 Å². The van der Waals surface area contributed by atoms with E-state index in [1.807, 2.05) is 18.2 Å². The van der Waals surface area contributed by atoms with Crippen LogP contribution in [-0.4, -0.2) is 32.4 Å². The molecule has 0 amide bonds. The van der Waals surface area contributed by atoms with Crippen molar-refractivity contribution in [1.82, 2.24) is 0 Å². The predicted octanol–water partition coefficient (Wildman–Crippen LogP) is 3.75. The van der Waals surface area contributed by atoms with E-state index in [1.54, 1.807) is 7.11 Å². The molecule has 1 aromatic rings. The van der Waals surface area contributed by atoms with Crippen molar-refractivity contribution in [3.63, 3.8) is 0 Å². The highest BCUT2D eigenvalue weighted by atomic mass is 79.9. The normalized spacial score (nSPS) is 26.3. The molecule has 0 unspecified atom stereocenters. The zero-order chi connectivity index (χ0) is 16.3. The molecule has 1 saturated carbocycles. The summed E-state index contributed by atoms with van der Waals surface area (Å²) in [5, 5.41) is 0. The van der Waals surface area contributed by atoms with Gasteiger partial charge in [0.2, 0.25) is 0 Å². The van der Waals surface area contributed by atoms with Crippen LogP contribution in [0.5, 0.6) is 5.75 Å². The van der Waals surface area contributed by atoms with Crippen molar-refractivity contribution in [2.24, 2.45) is 11.8 Å². The molecular formula is C18H23BrO4. The first-order valence-corrected chi connectivity index (χ1v) is 9.03. The van der Waals surface area contributed by atoms with Crippen LogP contribution in [0.3, 0.4) is 0 Å². The quantitative estimate of drug-likeness (QED) is 0.727. The third-order valence-electron chi connectivity index (χ3n) is 5.07. The highest BCUT2D eigenvalue weighted by Crippen LogP contribution is 2.45. The van der Waals surface area contributed by atoms with Crippen LogP contribution in [0.4, 0.5) is 0 Å². The molecule has 126 valence electrons. The molecule has 5 heteroatoms. The van der Waals surface area contributed by atoms with Crippen molar-refractivity contribution in [3.8, 4) is 5.75 Å². The maximum absolute atomic E-state index is 11.5. The van der Waals surface area contributed by atoms with Gasteiger partial charge in [0, 0.05) is 22.7 Å². The van der Waals surface area contributed by atoms with E-state index >= 15 is 0 Å². The van der Waals surface area contributed by atoms with Crippen LogP contribution >= 0.6 is 15.9 Å². The fourth-order valence-corrected chi connectivity index (χ4v) is 4.35. The van der Waals surface area contributed by atoms with Crippen LogP contribution in [0.25, 0.3) is 0 Å². The maximum atomic E-state index is 11.5. The van der Waals surface area contributed by atoms with Gasteiger partial charge >= 0.3 is 0 Å². The standard InChI is InChI=1S/C18H23BrO4/c1-21-15-5-7-17(19)13(11-15)4-6-16-14(12-20)3-2-8-18(16)22-9-10-23-18/h5,7,11-12,14,16H,2-4,6,8-10H2,1H3/t14-,16-/m0/s1. The van der Waals surface area contributed by atoms with E-state index in [4.69, 9.17) is 14.2 Å². The van der Waals surface area contributed by atoms with E-state index in [1.165, 1.54) is 5.56 Å². The lowest BCUT2D eigenvalue weighted by molar-refractivity contribution is -0.224. The summed E-state index contributed by atoms with van der Waals surface area (Å²) in [5.74, 6) is 0.442. The van der Waals surface area contributed by atoms with Crippen molar-refractivity contribution in [2.75, 3.05) is 20.3 Å². The number of carbonyl (C=O) groups is 1. The van der Waals surface area contributed by atoms with E-state index in [2.05, 4.69) is 15.9 Å². The first kappa shape index (κ1) is 16.9. The molecule has 2 atom stereocenters. The van der Waals surface area contributed by atoms with Crippen LogP contribution < -0.4 is 4.74 Å². The van der Waals surface area contributed by atoms with E-state index < -0.39 is 5.79 Å². The van der Waals surface area contributed by atoms with Crippen LogP contribution in [0.2, 0.25) is 0 Å². The fraction of sp³-hybridized carbons (Fsp3) is 0.611. The molecule has 0 radical (unpaired) electrons. The van der Waals surface area contributed by atoms with Gasteiger partial charge in [0.25, 0.3) is 0 Å². The lowest BCUT2D eigenvalue weighted by atomic mass is 9.73. The molecule has 0 aromatic heterocycles. The average molecular weight is 383 g/mol. The molecule has 1 aliphatic heterocycles. The minimum atomic E-state index is -0.546. The molecule has 1 aliphatic carbocycles. The second-order valence-corrected chi connectivity index (χ2v) is 7.16. The lowest BCUT2D eigenvalue weighted by Crippen LogP contribution is -2.47. The van der Waals surface area contributed by atoms with Crippen molar-refractivity contribution in [3.05, 3.63) is 28.2 Å². The summed E-state index contributed by atoms with van der Waals surface area (Å²) in [4.78, 5) is 11.5. The summed E-state index contributed by atoms with van der Waals surface area (Å²) < 4.78 is 18.3. The van der Waals surface area contributed by atoms with E-state index in [0.29, 0.717) is 13.2 Å². The van der Waals surface area contributed by atoms with Crippen molar-refractivity contribution in [2.45, 2.75) is 37.9 Å². The monoisotopic (exact) mass is 382 g/mol. The summed E-state index contributed by atoms with van der Waals surface area (Å²) in [7, 11) is 1.67. The van der Waals surface area contributed by atoms with Crippen LogP contribution in [0.1, 0.15) is 31.2 Å². The number of halogens is 1. The molecular weight excluding hydrogens is 360 g/mol. The van der Waals surface area contributed by atoms with Gasteiger partial charge < -0.3 is 19.0 Å². The Morgan fingerprint density at radius 1 is 1.39 bits per heavy atom. The predicted molar refractivity (Wildman–Crippen MR) is 90.5 cm³/mol. The second-order valence-electron chi connectivity index (χ2n) is 6.30. The van der Waals surface area contributed by atoms with Gasteiger partial charge in [-0.1, -0.05) is 15.9 Å². The number of methoxy groups -OCH3 is 1. The Hall–Kier alpha value is -0.910. The summed E-state index contributed by atoms with van der Waals surface area (Å²) in [6.07, 6.45) is 5.64. The molecule has 0 N–H and O–H groups in total. The topological polar surface area (TPSA) is 44.8 Å². The Kier molecular flexibility index (Phi) is 5.39. The number of benzene rings is 1. The first-order valence-electron chi connectivity index (χ1n) is 8.24. The maximum Gasteiger partial charge on any atom is 0.171 e. The highest BCUT2D eigenvalue weighted by molar-refractivity contribution is 9.10. The third kappa shape index (κ3) is 3.47. The molecule has 1 saturated heterocycles. The van der Waals surface area contributed by atoms with E-state index in [-0.39, 0.29) is 11.8 Å². The highest BCUT2D eigenvalue weighted by Gasteiger charge is 2.49. The molecule has 3 rings (SSSR count). The van der Waals surface area contributed by atoms with E-state index in [0.717, 1.165) is 48.6 Å². The Morgan fingerprint density at radius 3 is 2.87 bits per heavy atom. The SMILES string of the molecule is COc1ccc(Br)c(CC[C@H]2[C@H](C=O)CCCC23OCCO3)c1. The summed E-state index contributed by atoms with van der Waals surface area (Å²) >= 11 is 3.60. The summed E-state index contributed by atoms with van der Waals surface area (Å²) in [5.41, 5.74) is 1.19. The summed E-state index contributed by atoms with van der Waals surface area (Å²) in [6.45, 7) is 1.26. The Bertz CT molecular complexity index is 554. The number of hydrogen-bond acceptors (Lipinski definition) is 4. The van der Waals surface area contributed by atoms with Gasteiger partial charge in [0.05, 0.1) is 20.3 Å². The minimum absolute atomic E-state index is 0.0197. The number of rotatable bonds is 5. The van der Waals surface area contributed by atoms with Gasteiger partial charge in [-0.25, -0.2) is 0 Å². The Labute approximate surface area is 145 Å². The van der Waals surface area contributed by atoms with Crippen LogP contribution in [-0.2, 0) is 20.7 Å². The number of carbonyl (C=O) groups excluding carboxylic acids is 1. The van der Waals surface area contributed by atoms with Gasteiger partial charge in [-0.3, -0.25) is 0 Å². The van der Waals surface area contributed by atoms with Gasteiger partial charge in [-0.05, 0) is 49.4 Å². The van der Waals surface area contributed by atoms with Crippen molar-refractivity contribution < 1.29 is 19.0 Å². The molecule has 1 spiro atoms. The molecule has 23 heavy (non-hydrogen) atoms. The molecule has 1 heterocycles. The lowest BCUT2D eigenvalue weighted by Gasteiger charge is -2.42. The molecule has 0 bridgehead atoms. The van der Waals surface area contributed by atoms with Crippen molar-refractivity contribution in [1.29, 1.82) is 0 Å². The minimum Gasteiger partial charge on any atom is -0.497 e. The van der Waals surface area contributed by atoms with Crippen LogP contribution in [0, 0.1) is 11.8 Å². The molecule has 2 fully saturated rings. The Morgan fingerprint density at radius 2 is 2.17 bits per heavy atom. The molecule has 1 aromatic carbocycles. The fourth-order valence-electron chi connectivity index (χ4n) is 3.90. The zero-order valence-corrected chi connectivity index (χ0v) is 15.0. The number of aldehydes is 1. The van der Waals surface area contributed by atoms with Gasteiger partial charge in [-0.15, -0.1) is 0 Å².